The summed E-state index contributed by atoms with van der Waals surface area (Å²) in [5, 5.41) is 3.20. The second kappa shape index (κ2) is 8.48. The van der Waals surface area contributed by atoms with Crippen molar-refractivity contribution in [1.82, 2.24) is 15.3 Å². The number of hydrogen-bond donors (Lipinski definition) is 1. The molecule has 142 valence electrons. The van der Waals surface area contributed by atoms with Gasteiger partial charge in [0, 0.05) is 50.5 Å². The second-order valence-electron chi connectivity index (χ2n) is 7.37. The largest absolute Gasteiger partial charge is 0.381 e. The molecule has 2 aromatic rings. The average molecular weight is 366 g/mol. The summed E-state index contributed by atoms with van der Waals surface area (Å²) in [5.41, 5.74) is 2.01. The fourth-order valence-electron chi connectivity index (χ4n) is 3.83. The topological polar surface area (TPSA) is 67.3 Å². The van der Waals surface area contributed by atoms with Crippen molar-refractivity contribution >= 4 is 11.9 Å². The fourth-order valence-corrected chi connectivity index (χ4v) is 3.83. The first-order valence-electron chi connectivity index (χ1n) is 9.78. The smallest absolute Gasteiger partial charge is 0.225 e. The van der Waals surface area contributed by atoms with Crippen molar-refractivity contribution in [3.63, 3.8) is 0 Å². The molecule has 27 heavy (non-hydrogen) atoms. The highest BCUT2D eigenvalue weighted by molar-refractivity contribution is 5.76. The first kappa shape index (κ1) is 17.9. The number of ether oxygens (including phenoxy) is 1. The minimum Gasteiger partial charge on any atom is -0.381 e. The Morgan fingerprint density at radius 2 is 1.96 bits per heavy atom. The average Bonchev–Trinajstić information content (AvgIpc) is 3.18. The summed E-state index contributed by atoms with van der Waals surface area (Å²) >= 11 is 0. The van der Waals surface area contributed by atoms with E-state index >= 15 is 0 Å². The van der Waals surface area contributed by atoms with Crippen molar-refractivity contribution in [2.24, 2.45) is 5.92 Å². The van der Waals surface area contributed by atoms with E-state index in [0.717, 1.165) is 62.8 Å². The maximum atomic E-state index is 12.3. The highest BCUT2D eigenvalue weighted by atomic mass is 16.5. The van der Waals surface area contributed by atoms with Gasteiger partial charge in [0.15, 0.2) is 0 Å². The normalized spacial score (nSPS) is 20.6. The van der Waals surface area contributed by atoms with Crippen LogP contribution >= 0.6 is 0 Å². The molecule has 0 spiro atoms. The minimum atomic E-state index is 0.160. The lowest BCUT2D eigenvalue weighted by Crippen LogP contribution is -2.38. The van der Waals surface area contributed by atoms with Gasteiger partial charge in [-0.15, -0.1) is 0 Å². The Labute approximate surface area is 160 Å². The lowest BCUT2D eigenvalue weighted by molar-refractivity contribution is -0.123. The molecule has 2 fully saturated rings. The van der Waals surface area contributed by atoms with Crippen LogP contribution in [0.25, 0.3) is 11.3 Å². The van der Waals surface area contributed by atoms with Crippen LogP contribution in [0.5, 0.6) is 0 Å². The lowest BCUT2D eigenvalue weighted by Gasteiger charge is -2.22. The van der Waals surface area contributed by atoms with Crippen LogP contribution in [0.4, 0.5) is 5.95 Å². The highest BCUT2D eigenvalue weighted by Gasteiger charge is 2.27. The number of anilines is 1. The van der Waals surface area contributed by atoms with Gasteiger partial charge in [-0.2, -0.15) is 0 Å². The first-order valence-corrected chi connectivity index (χ1v) is 9.78. The molecule has 3 heterocycles. The van der Waals surface area contributed by atoms with Crippen LogP contribution in [0.2, 0.25) is 0 Å². The monoisotopic (exact) mass is 366 g/mol. The molecule has 0 saturated carbocycles. The number of nitrogens with zero attached hydrogens (tertiary/aromatic N) is 3. The number of benzene rings is 1. The molecule has 0 aliphatic carbocycles. The first-order chi connectivity index (χ1) is 13.3. The van der Waals surface area contributed by atoms with Gasteiger partial charge in [-0.1, -0.05) is 30.3 Å². The molecule has 1 N–H and O–H groups in total. The zero-order valence-electron chi connectivity index (χ0n) is 15.5. The van der Waals surface area contributed by atoms with Gasteiger partial charge in [0.1, 0.15) is 0 Å². The van der Waals surface area contributed by atoms with Crippen molar-refractivity contribution < 1.29 is 9.53 Å². The third-order valence-corrected chi connectivity index (χ3v) is 5.36. The van der Waals surface area contributed by atoms with E-state index in [1.807, 2.05) is 30.5 Å². The summed E-state index contributed by atoms with van der Waals surface area (Å²) < 4.78 is 5.37. The molecule has 1 atom stereocenters. The van der Waals surface area contributed by atoms with Gasteiger partial charge in [0.05, 0.1) is 5.69 Å². The van der Waals surface area contributed by atoms with Crippen LogP contribution in [-0.4, -0.2) is 48.2 Å². The van der Waals surface area contributed by atoms with E-state index < -0.39 is 0 Å². The number of amides is 1. The Morgan fingerprint density at radius 3 is 2.78 bits per heavy atom. The third kappa shape index (κ3) is 4.63. The summed E-state index contributed by atoms with van der Waals surface area (Å²) in [6, 6.07) is 12.2. The molecule has 0 radical (unpaired) electrons. The maximum Gasteiger partial charge on any atom is 0.225 e. The number of carbonyl (C=O) groups excluding carboxylic acids is 1. The molecule has 6 heteroatoms. The predicted molar refractivity (Wildman–Crippen MR) is 104 cm³/mol. The van der Waals surface area contributed by atoms with Crippen LogP contribution < -0.4 is 10.2 Å². The van der Waals surface area contributed by atoms with Crippen molar-refractivity contribution in [2.75, 3.05) is 31.2 Å². The Bertz CT molecular complexity index is 762. The Hall–Kier alpha value is -2.47. The second-order valence-corrected chi connectivity index (χ2v) is 7.37. The van der Waals surface area contributed by atoms with E-state index in [1.165, 1.54) is 0 Å². The van der Waals surface area contributed by atoms with Crippen LogP contribution in [0, 0.1) is 5.92 Å². The summed E-state index contributed by atoms with van der Waals surface area (Å²) in [6.07, 6.45) is 5.33. The van der Waals surface area contributed by atoms with Gasteiger partial charge in [0.2, 0.25) is 11.9 Å². The molecule has 0 bridgehead atoms. The standard InChI is InChI=1S/C21H26N4O2/c26-20(14-16-8-12-27-13-9-16)23-18-7-11-25(15-18)21-22-10-6-19(24-21)17-4-2-1-3-5-17/h1-6,10,16,18H,7-9,11-15H2,(H,23,26). The molecule has 2 saturated heterocycles. The molecule has 2 aliphatic heterocycles. The predicted octanol–water partition coefficient (Wildman–Crippen LogP) is 2.66. The van der Waals surface area contributed by atoms with Crippen molar-refractivity contribution in [1.29, 1.82) is 0 Å². The van der Waals surface area contributed by atoms with Gasteiger partial charge < -0.3 is 15.0 Å². The molecule has 1 aromatic carbocycles. The molecule has 1 amide bonds. The van der Waals surface area contributed by atoms with E-state index in [9.17, 15) is 4.79 Å². The summed E-state index contributed by atoms with van der Waals surface area (Å²) in [4.78, 5) is 23.7. The van der Waals surface area contributed by atoms with Gasteiger partial charge >= 0.3 is 0 Å². The summed E-state index contributed by atoms with van der Waals surface area (Å²) in [5.74, 6) is 1.35. The van der Waals surface area contributed by atoms with E-state index in [1.54, 1.807) is 0 Å². The molecule has 1 unspecified atom stereocenters. The Kier molecular flexibility index (Phi) is 5.63. The molecule has 1 aromatic heterocycles. The van der Waals surface area contributed by atoms with Gasteiger partial charge in [0.25, 0.3) is 0 Å². The van der Waals surface area contributed by atoms with Crippen molar-refractivity contribution in [3.05, 3.63) is 42.6 Å². The molecular formula is C21H26N4O2. The van der Waals surface area contributed by atoms with Gasteiger partial charge in [-0.3, -0.25) is 4.79 Å². The molecule has 2 aliphatic rings. The number of aromatic nitrogens is 2. The summed E-state index contributed by atoms with van der Waals surface area (Å²) in [6.45, 7) is 3.19. The maximum absolute atomic E-state index is 12.3. The minimum absolute atomic E-state index is 0.160. The summed E-state index contributed by atoms with van der Waals surface area (Å²) in [7, 11) is 0. The third-order valence-electron chi connectivity index (χ3n) is 5.36. The van der Waals surface area contributed by atoms with E-state index in [2.05, 4.69) is 27.3 Å². The molecular weight excluding hydrogens is 340 g/mol. The van der Waals surface area contributed by atoms with Gasteiger partial charge in [-0.05, 0) is 31.2 Å². The number of nitrogens with one attached hydrogen (secondary N) is 1. The van der Waals surface area contributed by atoms with E-state index in [-0.39, 0.29) is 11.9 Å². The SMILES string of the molecule is O=C(CC1CCOCC1)NC1CCN(c2nccc(-c3ccccc3)n2)C1. The van der Waals surface area contributed by atoms with Crippen LogP contribution in [0.15, 0.2) is 42.6 Å². The van der Waals surface area contributed by atoms with E-state index in [4.69, 9.17) is 9.72 Å². The zero-order valence-corrected chi connectivity index (χ0v) is 15.5. The van der Waals surface area contributed by atoms with Crippen LogP contribution in [0.1, 0.15) is 25.7 Å². The van der Waals surface area contributed by atoms with E-state index in [0.29, 0.717) is 12.3 Å². The number of carbonyl (C=O) groups is 1. The molecule has 6 nitrogen and oxygen atoms in total. The molecule has 4 rings (SSSR count). The number of hydrogen-bond acceptors (Lipinski definition) is 5. The number of rotatable bonds is 5. The van der Waals surface area contributed by atoms with Crippen LogP contribution in [0.3, 0.4) is 0 Å². The Balaban J connectivity index is 1.33. The fraction of sp³-hybridized carbons (Fsp3) is 0.476. The Morgan fingerprint density at radius 1 is 1.15 bits per heavy atom. The highest BCUT2D eigenvalue weighted by Crippen LogP contribution is 2.22. The quantitative estimate of drug-likeness (QED) is 0.881. The van der Waals surface area contributed by atoms with Crippen LogP contribution in [-0.2, 0) is 9.53 Å². The van der Waals surface area contributed by atoms with Gasteiger partial charge in [-0.25, -0.2) is 9.97 Å². The zero-order chi connectivity index (χ0) is 18.5. The van der Waals surface area contributed by atoms with Crippen molar-refractivity contribution in [2.45, 2.75) is 31.7 Å². The lowest BCUT2D eigenvalue weighted by atomic mass is 9.96. The van der Waals surface area contributed by atoms with Crippen molar-refractivity contribution in [3.8, 4) is 11.3 Å².